The lowest BCUT2D eigenvalue weighted by Crippen LogP contribution is -2.40. The fraction of sp³-hybridized carbons (Fsp3) is 0.500. The first kappa shape index (κ1) is 15.8. The number of nitrogen functional groups attached to an aromatic ring is 1. The number of nitrogens with two attached hydrogens (primary N) is 1. The second-order valence-electron chi connectivity index (χ2n) is 5.21. The Morgan fingerprint density at radius 2 is 2.16 bits per heavy atom. The van der Waals surface area contributed by atoms with Crippen molar-refractivity contribution < 1.29 is 5.11 Å². The van der Waals surface area contributed by atoms with Gasteiger partial charge in [-0.3, -0.25) is 0 Å². The first-order valence-corrected chi connectivity index (χ1v) is 6.60. The minimum absolute atomic E-state index is 0.0450. The predicted octanol–water partition coefficient (Wildman–Crippen LogP) is 2.61. The van der Waals surface area contributed by atoms with Gasteiger partial charge < -0.3 is 16.2 Å². The number of nitrogens with one attached hydrogen (secondary N) is 1. The van der Waals surface area contributed by atoms with Crippen LogP contribution >= 0.6 is 11.6 Å². The van der Waals surface area contributed by atoms with Gasteiger partial charge in [-0.05, 0) is 38.0 Å². The summed E-state index contributed by atoms with van der Waals surface area (Å²) in [5.41, 5.74) is 6.76. The number of aliphatic hydroxyl groups is 1. The molecule has 0 aliphatic rings. The second-order valence-corrected chi connectivity index (χ2v) is 5.62. The molecule has 1 unspecified atom stereocenters. The van der Waals surface area contributed by atoms with Crippen LogP contribution in [0.3, 0.4) is 0 Å². The quantitative estimate of drug-likeness (QED) is 0.725. The lowest BCUT2D eigenvalue weighted by atomic mass is 10.00. The van der Waals surface area contributed by atoms with Crippen LogP contribution in [0.4, 0.5) is 5.69 Å². The van der Waals surface area contributed by atoms with Gasteiger partial charge in [-0.1, -0.05) is 18.5 Å². The maximum Gasteiger partial charge on any atom is 0.101 e. The average Bonchev–Trinajstić information content (AvgIpc) is 2.39. The van der Waals surface area contributed by atoms with Crippen LogP contribution in [0.5, 0.6) is 0 Å². The molecule has 0 aliphatic carbocycles. The third kappa shape index (κ3) is 4.10. The molecule has 1 atom stereocenters. The maximum atomic E-state index is 10.1. The van der Waals surface area contributed by atoms with Crippen molar-refractivity contribution in [3.05, 3.63) is 28.3 Å². The Hall–Kier alpha value is -1.28. The molecule has 0 saturated carbocycles. The smallest absolute Gasteiger partial charge is 0.101 e. The zero-order valence-electron chi connectivity index (χ0n) is 11.5. The van der Waals surface area contributed by atoms with Gasteiger partial charge in [0.25, 0.3) is 0 Å². The number of benzene rings is 1. The number of rotatable bonds is 5. The van der Waals surface area contributed by atoms with Crippen molar-refractivity contribution >= 4 is 17.3 Å². The Kier molecular flexibility index (Phi) is 5.19. The van der Waals surface area contributed by atoms with Gasteiger partial charge in [-0.25, -0.2) is 0 Å². The summed E-state index contributed by atoms with van der Waals surface area (Å²) in [7, 11) is 0. The van der Waals surface area contributed by atoms with E-state index in [0.29, 0.717) is 17.1 Å². The van der Waals surface area contributed by atoms with Crippen LogP contribution in [0, 0.1) is 11.3 Å². The molecule has 4 nitrogen and oxygen atoms in total. The van der Waals surface area contributed by atoms with E-state index in [9.17, 15) is 5.11 Å². The number of nitrogens with zero attached hydrogens (tertiary/aromatic N) is 1. The van der Waals surface area contributed by atoms with Crippen LogP contribution in [0.25, 0.3) is 0 Å². The Morgan fingerprint density at radius 1 is 1.53 bits per heavy atom. The predicted molar refractivity (Wildman–Crippen MR) is 77.9 cm³/mol. The van der Waals surface area contributed by atoms with Crippen molar-refractivity contribution in [2.45, 2.75) is 38.8 Å². The molecule has 0 amide bonds. The van der Waals surface area contributed by atoms with Gasteiger partial charge in [-0.15, -0.1) is 0 Å². The fourth-order valence-corrected chi connectivity index (χ4v) is 1.77. The van der Waals surface area contributed by atoms with Crippen LogP contribution in [0.2, 0.25) is 5.02 Å². The van der Waals surface area contributed by atoms with Gasteiger partial charge in [0, 0.05) is 12.1 Å². The van der Waals surface area contributed by atoms with E-state index in [1.165, 1.54) is 0 Å². The Balaban J connectivity index is 2.87. The lowest BCUT2D eigenvalue weighted by Gasteiger charge is -2.26. The molecular weight excluding hydrogens is 262 g/mol. The van der Waals surface area contributed by atoms with Crippen molar-refractivity contribution in [2.24, 2.45) is 0 Å². The summed E-state index contributed by atoms with van der Waals surface area (Å²) < 4.78 is 0. The van der Waals surface area contributed by atoms with E-state index in [4.69, 9.17) is 22.6 Å². The van der Waals surface area contributed by atoms with E-state index in [2.05, 4.69) is 26.1 Å². The Morgan fingerprint density at radius 3 is 2.68 bits per heavy atom. The van der Waals surface area contributed by atoms with E-state index in [1.54, 1.807) is 12.1 Å². The largest absolute Gasteiger partial charge is 0.396 e. The van der Waals surface area contributed by atoms with Crippen LogP contribution in [0.15, 0.2) is 12.1 Å². The van der Waals surface area contributed by atoms with Gasteiger partial charge >= 0.3 is 0 Å². The zero-order valence-corrected chi connectivity index (χ0v) is 12.3. The number of hydrogen-bond acceptors (Lipinski definition) is 4. The number of halogens is 1. The molecule has 5 heteroatoms. The number of anilines is 1. The monoisotopic (exact) mass is 281 g/mol. The average molecular weight is 282 g/mol. The molecule has 0 aliphatic heterocycles. The van der Waals surface area contributed by atoms with Crippen LogP contribution in [0.1, 0.15) is 44.4 Å². The molecule has 0 aromatic heterocycles. The topological polar surface area (TPSA) is 82.1 Å². The van der Waals surface area contributed by atoms with E-state index in [-0.39, 0.29) is 16.8 Å². The molecule has 1 rings (SSSR count). The Labute approximate surface area is 119 Å². The standard InChI is InChI=1S/C14H20ClN3O/c1-4-14(2,3)18-8-12(19)9-5-10(7-16)13(17)11(15)6-9/h5-6,12,18-19H,4,8,17H2,1-3H3. The summed E-state index contributed by atoms with van der Waals surface area (Å²) >= 11 is 5.95. The Bertz CT molecular complexity index is 494. The normalized spacial score (nSPS) is 13.1. The number of aliphatic hydroxyl groups excluding tert-OH is 1. The van der Waals surface area contributed by atoms with Crippen molar-refractivity contribution in [2.75, 3.05) is 12.3 Å². The molecular formula is C14H20ClN3O. The van der Waals surface area contributed by atoms with Crippen molar-refractivity contribution in [1.82, 2.24) is 5.32 Å². The highest BCUT2D eigenvalue weighted by Crippen LogP contribution is 2.27. The van der Waals surface area contributed by atoms with E-state index < -0.39 is 6.10 Å². The van der Waals surface area contributed by atoms with Crippen molar-refractivity contribution in [1.29, 1.82) is 5.26 Å². The summed E-state index contributed by atoms with van der Waals surface area (Å²) in [6.07, 6.45) is 0.224. The molecule has 4 N–H and O–H groups in total. The van der Waals surface area contributed by atoms with Crippen molar-refractivity contribution in [3.63, 3.8) is 0 Å². The molecule has 0 bridgehead atoms. The van der Waals surface area contributed by atoms with Gasteiger partial charge in [0.2, 0.25) is 0 Å². The summed E-state index contributed by atoms with van der Waals surface area (Å²) in [5.74, 6) is 0. The minimum atomic E-state index is -0.726. The molecule has 1 aromatic rings. The van der Waals surface area contributed by atoms with Gasteiger partial charge in [0.05, 0.1) is 22.4 Å². The summed E-state index contributed by atoms with van der Waals surface area (Å²) in [6.45, 7) is 6.60. The number of nitriles is 1. The van der Waals surface area contributed by atoms with Gasteiger partial charge in [-0.2, -0.15) is 5.26 Å². The number of β-amino-alcohol motifs (C(OH)–C–C–N with tert-alkyl or cyclic N) is 1. The highest BCUT2D eigenvalue weighted by Gasteiger charge is 2.18. The highest BCUT2D eigenvalue weighted by atomic mass is 35.5. The molecule has 0 fully saturated rings. The van der Waals surface area contributed by atoms with Gasteiger partial charge in [0.15, 0.2) is 0 Å². The maximum absolute atomic E-state index is 10.1. The minimum Gasteiger partial charge on any atom is -0.396 e. The lowest BCUT2D eigenvalue weighted by molar-refractivity contribution is 0.160. The first-order valence-electron chi connectivity index (χ1n) is 6.23. The van der Waals surface area contributed by atoms with Crippen molar-refractivity contribution in [3.8, 4) is 6.07 Å². The number of hydrogen-bond donors (Lipinski definition) is 3. The third-order valence-electron chi connectivity index (χ3n) is 3.31. The fourth-order valence-electron chi connectivity index (χ4n) is 1.54. The van der Waals surface area contributed by atoms with Gasteiger partial charge in [0.1, 0.15) is 6.07 Å². The second kappa shape index (κ2) is 6.25. The zero-order chi connectivity index (χ0) is 14.6. The molecule has 0 spiro atoms. The van der Waals surface area contributed by atoms with E-state index in [1.807, 2.05) is 6.07 Å². The van der Waals surface area contributed by atoms with E-state index in [0.717, 1.165) is 6.42 Å². The summed E-state index contributed by atoms with van der Waals surface area (Å²) in [6, 6.07) is 5.15. The molecule has 19 heavy (non-hydrogen) atoms. The molecule has 0 saturated heterocycles. The SMILES string of the molecule is CCC(C)(C)NCC(O)c1cc(Cl)c(N)c(C#N)c1. The van der Waals surface area contributed by atoms with Crippen LogP contribution in [-0.4, -0.2) is 17.2 Å². The molecule has 0 heterocycles. The summed E-state index contributed by atoms with van der Waals surface area (Å²) in [5, 5.41) is 22.7. The molecule has 0 radical (unpaired) electrons. The summed E-state index contributed by atoms with van der Waals surface area (Å²) in [4.78, 5) is 0. The van der Waals surface area contributed by atoms with E-state index >= 15 is 0 Å². The molecule has 104 valence electrons. The van der Waals surface area contributed by atoms with Crippen LogP contribution in [-0.2, 0) is 0 Å². The molecule has 1 aromatic carbocycles. The first-order chi connectivity index (χ1) is 8.80. The third-order valence-corrected chi connectivity index (χ3v) is 3.63. The highest BCUT2D eigenvalue weighted by molar-refractivity contribution is 6.33. The van der Waals surface area contributed by atoms with Crippen LogP contribution < -0.4 is 11.1 Å².